The molecule has 0 atom stereocenters. The van der Waals surface area contributed by atoms with Gasteiger partial charge in [0.05, 0.1) is 16.5 Å². The SMILES string of the molecule is CNC(=O)c1cc2c(Oc3ccc(CC(=O)C4(C(=O)Cc5ccc(F)cc5)CC4)cc3)ccnc2cc1NC. The highest BCUT2D eigenvalue weighted by molar-refractivity contribution is 6.11. The van der Waals surface area contributed by atoms with Crippen molar-refractivity contribution in [2.75, 3.05) is 19.4 Å². The maximum absolute atomic E-state index is 13.2. The summed E-state index contributed by atoms with van der Waals surface area (Å²) in [5, 5.41) is 6.36. The summed E-state index contributed by atoms with van der Waals surface area (Å²) >= 11 is 0. The summed E-state index contributed by atoms with van der Waals surface area (Å²) in [6.45, 7) is 0. The summed E-state index contributed by atoms with van der Waals surface area (Å²) in [5.74, 6) is 0.317. The summed E-state index contributed by atoms with van der Waals surface area (Å²) in [7, 11) is 3.32. The van der Waals surface area contributed by atoms with Crippen molar-refractivity contribution in [1.82, 2.24) is 10.3 Å². The summed E-state index contributed by atoms with van der Waals surface area (Å²) in [5.41, 5.74) is 2.36. The molecule has 5 rings (SSSR count). The third-order valence-electron chi connectivity index (χ3n) is 7.19. The molecule has 4 aromatic rings. The van der Waals surface area contributed by atoms with E-state index in [0.29, 0.717) is 52.1 Å². The van der Waals surface area contributed by atoms with Gasteiger partial charge in [-0.05, 0) is 66.4 Å². The number of ether oxygens (including phenoxy) is 1. The average molecular weight is 526 g/mol. The third-order valence-corrected chi connectivity index (χ3v) is 7.19. The van der Waals surface area contributed by atoms with Crippen molar-refractivity contribution in [2.45, 2.75) is 25.7 Å². The van der Waals surface area contributed by atoms with Crippen molar-refractivity contribution in [3.8, 4) is 11.5 Å². The number of Topliss-reactive ketones (excluding diaryl/α,β-unsaturated/α-hetero) is 2. The zero-order chi connectivity index (χ0) is 27.6. The Morgan fingerprint density at radius 3 is 2.08 bits per heavy atom. The van der Waals surface area contributed by atoms with Gasteiger partial charge >= 0.3 is 0 Å². The van der Waals surface area contributed by atoms with Gasteiger partial charge in [0.25, 0.3) is 5.91 Å². The second-order valence-corrected chi connectivity index (χ2v) is 9.71. The summed E-state index contributed by atoms with van der Waals surface area (Å²) < 4.78 is 19.3. The third kappa shape index (κ3) is 5.36. The predicted octanol–water partition coefficient (Wildman–Crippen LogP) is 5.27. The van der Waals surface area contributed by atoms with E-state index in [9.17, 15) is 18.8 Å². The molecule has 7 nitrogen and oxygen atoms in total. The van der Waals surface area contributed by atoms with Gasteiger partial charge in [0.1, 0.15) is 17.3 Å². The molecule has 1 amide bonds. The Morgan fingerprint density at radius 1 is 0.897 bits per heavy atom. The van der Waals surface area contributed by atoms with E-state index in [2.05, 4.69) is 15.6 Å². The van der Waals surface area contributed by atoms with E-state index in [-0.39, 0.29) is 36.1 Å². The monoisotopic (exact) mass is 525 g/mol. The minimum absolute atomic E-state index is 0.0922. The van der Waals surface area contributed by atoms with Crippen LogP contribution in [0.5, 0.6) is 11.5 Å². The van der Waals surface area contributed by atoms with Crippen LogP contribution in [0.1, 0.15) is 34.3 Å². The van der Waals surface area contributed by atoms with Crippen molar-refractivity contribution in [1.29, 1.82) is 0 Å². The van der Waals surface area contributed by atoms with Gasteiger partial charge in [-0.3, -0.25) is 19.4 Å². The molecular weight excluding hydrogens is 497 g/mol. The van der Waals surface area contributed by atoms with Gasteiger partial charge in [-0.15, -0.1) is 0 Å². The van der Waals surface area contributed by atoms with Crippen molar-refractivity contribution < 1.29 is 23.5 Å². The fourth-order valence-corrected chi connectivity index (χ4v) is 4.74. The number of halogens is 1. The number of nitrogens with zero attached hydrogens (tertiary/aromatic N) is 1. The van der Waals surface area contributed by atoms with E-state index >= 15 is 0 Å². The lowest BCUT2D eigenvalue weighted by molar-refractivity contribution is -0.133. The number of nitrogens with one attached hydrogen (secondary N) is 2. The number of hydrogen-bond acceptors (Lipinski definition) is 6. The first-order chi connectivity index (χ1) is 18.8. The lowest BCUT2D eigenvalue weighted by Gasteiger charge is -2.14. The van der Waals surface area contributed by atoms with Gasteiger partial charge in [-0.1, -0.05) is 24.3 Å². The topological polar surface area (TPSA) is 97.4 Å². The number of carbonyl (C=O) groups is 3. The van der Waals surface area contributed by atoms with Crippen molar-refractivity contribution in [3.63, 3.8) is 0 Å². The van der Waals surface area contributed by atoms with E-state index in [1.54, 1.807) is 62.8 Å². The minimum atomic E-state index is -0.936. The van der Waals surface area contributed by atoms with Gasteiger partial charge in [0.15, 0.2) is 11.6 Å². The van der Waals surface area contributed by atoms with Crippen molar-refractivity contribution >= 4 is 34.1 Å². The number of ketones is 2. The number of rotatable bonds is 10. The molecule has 198 valence electrons. The molecule has 0 spiro atoms. The zero-order valence-electron chi connectivity index (χ0n) is 21.7. The Kier molecular flexibility index (Phi) is 7.11. The van der Waals surface area contributed by atoms with Crippen LogP contribution in [0.25, 0.3) is 10.9 Å². The molecule has 8 heteroatoms. The Hall–Kier alpha value is -4.59. The van der Waals surface area contributed by atoms with Gasteiger partial charge in [-0.25, -0.2) is 4.39 Å². The molecule has 1 heterocycles. The van der Waals surface area contributed by atoms with Crippen LogP contribution in [0, 0.1) is 11.2 Å². The van der Waals surface area contributed by atoms with E-state index in [1.165, 1.54) is 12.1 Å². The fourth-order valence-electron chi connectivity index (χ4n) is 4.74. The molecular formula is C31H28FN3O4. The number of aromatic nitrogens is 1. The maximum Gasteiger partial charge on any atom is 0.253 e. The molecule has 0 radical (unpaired) electrons. The number of carbonyl (C=O) groups excluding carboxylic acids is 3. The molecule has 1 aliphatic carbocycles. The lowest BCUT2D eigenvalue weighted by atomic mass is 9.88. The second-order valence-electron chi connectivity index (χ2n) is 9.71. The fraction of sp³-hybridized carbons (Fsp3) is 0.226. The van der Waals surface area contributed by atoms with E-state index in [1.807, 2.05) is 12.1 Å². The van der Waals surface area contributed by atoms with E-state index < -0.39 is 5.41 Å². The highest BCUT2D eigenvalue weighted by Gasteiger charge is 2.54. The summed E-state index contributed by atoms with van der Waals surface area (Å²) in [6.07, 6.45) is 3.01. The summed E-state index contributed by atoms with van der Waals surface area (Å²) in [4.78, 5) is 42.8. The number of fused-ring (bicyclic) bond motifs is 1. The molecule has 1 saturated carbocycles. The van der Waals surface area contributed by atoms with Crippen LogP contribution in [0.15, 0.2) is 72.9 Å². The predicted molar refractivity (Wildman–Crippen MR) is 147 cm³/mol. The second kappa shape index (κ2) is 10.6. The highest BCUT2D eigenvalue weighted by Crippen LogP contribution is 2.48. The smallest absolute Gasteiger partial charge is 0.253 e. The quantitative estimate of drug-likeness (QED) is 0.274. The average Bonchev–Trinajstić information content (AvgIpc) is 3.77. The zero-order valence-corrected chi connectivity index (χ0v) is 21.7. The molecule has 1 aromatic heterocycles. The molecule has 0 unspecified atom stereocenters. The molecule has 1 aliphatic rings. The van der Waals surface area contributed by atoms with Crippen LogP contribution in [-0.4, -0.2) is 36.6 Å². The molecule has 2 N–H and O–H groups in total. The number of hydrogen-bond donors (Lipinski definition) is 2. The molecule has 0 bridgehead atoms. The van der Waals surface area contributed by atoms with Gasteiger partial charge < -0.3 is 15.4 Å². The molecule has 3 aromatic carbocycles. The van der Waals surface area contributed by atoms with Crippen LogP contribution in [-0.2, 0) is 22.4 Å². The van der Waals surface area contributed by atoms with Crippen molar-refractivity contribution in [3.05, 3.63) is 95.4 Å². The van der Waals surface area contributed by atoms with Crippen LogP contribution >= 0.6 is 0 Å². The van der Waals surface area contributed by atoms with E-state index in [4.69, 9.17) is 4.74 Å². The molecule has 1 fully saturated rings. The lowest BCUT2D eigenvalue weighted by Crippen LogP contribution is -2.28. The molecule has 0 saturated heterocycles. The number of pyridine rings is 1. The van der Waals surface area contributed by atoms with Gasteiger partial charge in [0.2, 0.25) is 0 Å². The van der Waals surface area contributed by atoms with Gasteiger partial charge in [-0.2, -0.15) is 0 Å². The Bertz CT molecular complexity index is 1560. The number of benzene rings is 3. The van der Waals surface area contributed by atoms with Crippen LogP contribution < -0.4 is 15.4 Å². The first-order valence-electron chi connectivity index (χ1n) is 12.7. The number of anilines is 1. The van der Waals surface area contributed by atoms with Crippen LogP contribution in [0.4, 0.5) is 10.1 Å². The Labute approximate surface area is 225 Å². The standard InChI is InChI=1S/C31H28FN3O4/c1-33-25-18-26-23(17-24(25)30(38)34-2)27(11-14-35-26)39-22-9-5-20(6-10-22)16-29(37)31(12-13-31)28(36)15-19-3-7-21(32)8-4-19/h3-11,14,17-18,33H,12-13,15-16H2,1-2H3,(H,34,38). The number of amides is 1. The minimum Gasteiger partial charge on any atom is -0.457 e. The first kappa shape index (κ1) is 26.0. The largest absolute Gasteiger partial charge is 0.457 e. The summed E-state index contributed by atoms with van der Waals surface area (Å²) in [6, 6.07) is 18.3. The first-order valence-corrected chi connectivity index (χ1v) is 12.7. The highest BCUT2D eigenvalue weighted by atomic mass is 19.1. The Morgan fingerprint density at radius 2 is 1.51 bits per heavy atom. The Balaban J connectivity index is 1.29. The molecule has 39 heavy (non-hydrogen) atoms. The van der Waals surface area contributed by atoms with Crippen LogP contribution in [0.3, 0.4) is 0 Å². The molecule has 0 aliphatic heterocycles. The maximum atomic E-state index is 13.2. The van der Waals surface area contributed by atoms with Crippen LogP contribution in [0.2, 0.25) is 0 Å². The van der Waals surface area contributed by atoms with E-state index in [0.717, 1.165) is 5.56 Å². The normalized spacial score (nSPS) is 13.5. The van der Waals surface area contributed by atoms with Gasteiger partial charge in [0, 0.05) is 44.2 Å². The van der Waals surface area contributed by atoms with Crippen molar-refractivity contribution in [2.24, 2.45) is 5.41 Å².